The van der Waals surface area contributed by atoms with Gasteiger partial charge in [-0.25, -0.2) is 4.98 Å². The molecule has 6 heteroatoms. The number of hydrogen-bond donors (Lipinski definition) is 0. The third-order valence-corrected chi connectivity index (χ3v) is 6.20. The van der Waals surface area contributed by atoms with E-state index in [2.05, 4.69) is 38.1 Å². The summed E-state index contributed by atoms with van der Waals surface area (Å²) in [5.74, 6) is 1.23. The number of rotatable bonds is 2. The maximum absolute atomic E-state index is 13.1. The fraction of sp³-hybridized carbons (Fsp3) is 0.500. The molecule has 0 radical (unpaired) electrons. The van der Waals surface area contributed by atoms with Crippen LogP contribution in [0.1, 0.15) is 36.2 Å². The van der Waals surface area contributed by atoms with Gasteiger partial charge >= 0.3 is 0 Å². The van der Waals surface area contributed by atoms with Crippen LogP contribution in [0.15, 0.2) is 30.0 Å². The summed E-state index contributed by atoms with van der Waals surface area (Å²) in [6.45, 7) is 4.70. The average molecular weight is 342 g/mol. The van der Waals surface area contributed by atoms with E-state index < -0.39 is 0 Å². The summed E-state index contributed by atoms with van der Waals surface area (Å²) in [6.07, 6.45) is 8.17. The maximum atomic E-state index is 13.1. The molecule has 0 aliphatic carbocycles. The Kier molecular flexibility index (Phi) is 4.22. The number of carbonyl (C=O) groups is 1. The molecule has 24 heavy (non-hydrogen) atoms. The van der Waals surface area contributed by atoms with Crippen molar-refractivity contribution in [3.63, 3.8) is 0 Å². The lowest BCUT2D eigenvalue weighted by Crippen LogP contribution is -2.47. The van der Waals surface area contributed by atoms with Gasteiger partial charge in [0, 0.05) is 36.9 Å². The Bertz CT molecular complexity index is 717. The highest BCUT2D eigenvalue weighted by atomic mass is 32.1. The Morgan fingerprint density at radius 2 is 2.25 bits per heavy atom. The third kappa shape index (κ3) is 2.79. The van der Waals surface area contributed by atoms with E-state index in [1.54, 1.807) is 18.6 Å². The molecule has 0 bridgehead atoms. The lowest BCUT2D eigenvalue weighted by atomic mass is 9.93. The van der Waals surface area contributed by atoms with Crippen LogP contribution in [0.3, 0.4) is 0 Å². The van der Waals surface area contributed by atoms with Crippen LogP contribution < -0.4 is 4.90 Å². The van der Waals surface area contributed by atoms with Crippen molar-refractivity contribution >= 4 is 23.1 Å². The van der Waals surface area contributed by atoms with Crippen LogP contribution in [0.25, 0.3) is 0 Å². The molecule has 0 spiro atoms. The van der Waals surface area contributed by atoms with Crippen molar-refractivity contribution in [1.82, 2.24) is 14.9 Å². The number of aromatic nitrogens is 2. The van der Waals surface area contributed by atoms with Crippen molar-refractivity contribution in [1.29, 1.82) is 0 Å². The Morgan fingerprint density at radius 1 is 1.33 bits per heavy atom. The van der Waals surface area contributed by atoms with E-state index >= 15 is 0 Å². The molecule has 126 valence electrons. The number of nitrogens with zero attached hydrogens (tertiary/aromatic N) is 4. The van der Waals surface area contributed by atoms with Crippen molar-refractivity contribution in [2.24, 2.45) is 5.92 Å². The molecule has 0 unspecified atom stereocenters. The van der Waals surface area contributed by atoms with Gasteiger partial charge in [0.1, 0.15) is 5.82 Å². The van der Waals surface area contributed by atoms with Crippen molar-refractivity contribution in [3.8, 4) is 0 Å². The standard InChI is InChI=1S/C18H22N4OS/c1-13-15-5-10-24-16(15)4-9-22(13)18(23)14-3-2-8-21(12-14)17-11-19-6-7-20-17/h5-7,10-11,13-14H,2-4,8-9,12H2,1H3/t13-,14-/m1/s1. The van der Waals surface area contributed by atoms with Gasteiger partial charge in [-0.15, -0.1) is 11.3 Å². The quantitative estimate of drug-likeness (QED) is 0.842. The Morgan fingerprint density at radius 3 is 3.08 bits per heavy atom. The number of hydrogen-bond acceptors (Lipinski definition) is 5. The highest BCUT2D eigenvalue weighted by Gasteiger charge is 2.34. The molecule has 1 fully saturated rings. The molecule has 2 aliphatic heterocycles. The molecule has 4 heterocycles. The zero-order chi connectivity index (χ0) is 16.5. The molecule has 4 rings (SSSR count). The van der Waals surface area contributed by atoms with Gasteiger partial charge in [-0.1, -0.05) is 0 Å². The largest absolute Gasteiger partial charge is 0.355 e. The summed E-state index contributed by atoms with van der Waals surface area (Å²) in [5, 5.41) is 2.14. The summed E-state index contributed by atoms with van der Waals surface area (Å²) >= 11 is 1.81. The second kappa shape index (κ2) is 6.51. The van der Waals surface area contributed by atoms with Crippen LogP contribution in [-0.2, 0) is 11.2 Å². The maximum Gasteiger partial charge on any atom is 0.227 e. The lowest BCUT2D eigenvalue weighted by Gasteiger charge is -2.39. The summed E-state index contributed by atoms with van der Waals surface area (Å²) in [5.41, 5.74) is 1.33. The Balaban J connectivity index is 1.48. The molecule has 2 aromatic rings. The minimum atomic E-state index is 0.0587. The van der Waals surface area contributed by atoms with Crippen LogP contribution in [-0.4, -0.2) is 40.4 Å². The molecule has 2 aromatic heterocycles. The number of anilines is 1. The molecule has 0 aromatic carbocycles. The van der Waals surface area contributed by atoms with Crippen molar-refractivity contribution in [2.75, 3.05) is 24.5 Å². The van der Waals surface area contributed by atoms with Gasteiger partial charge < -0.3 is 9.80 Å². The predicted molar refractivity (Wildman–Crippen MR) is 95.1 cm³/mol. The number of piperidine rings is 1. The summed E-state index contributed by atoms with van der Waals surface area (Å²) < 4.78 is 0. The number of thiophene rings is 1. The molecule has 2 aliphatic rings. The number of carbonyl (C=O) groups excluding carboxylic acids is 1. The molecular formula is C18H22N4OS. The van der Waals surface area contributed by atoms with Gasteiger partial charge in [0.25, 0.3) is 0 Å². The Hall–Kier alpha value is -1.95. The molecular weight excluding hydrogens is 320 g/mol. The molecule has 1 saturated heterocycles. The first-order valence-electron chi connectivity index (χ1n) is 8.62. The SMILES string of the molecule is C[C@@H]1c2ccsc2CCN1C(=O)[C@@H]1CCCN(c2cnccn2)C1. The van der Waals surface area contributed by atoms with E-state index in [4.69, 9.17) is 0 Å². The van der Waals surface area contributed by atoms with E-state index in [0.29, 0.717) is 5.91 Å². The van der Waals surface area contributed by atoms with E-state index in [-0.39, 0.29) is 12.0 Å². The molecule has 0 N–H and O–H groups in total. The fourth-order valence-electron chi connectivity index (χ4n) is 3.89. The minimum absolute atomic E-state index is 0.0587. The van der Waals surface area contributed by atoms with Crippen molar-refractivity contribution in [3.05, 3.63) is 40.5 Å². The first kappa shape index (κ1) is 15.6. The zero-order valence-corrected chi connectivity index (χ0v) is 14.7. The first-order chi connectivity index (χ1) is 11.7. The average Bonchev–Trinajstić information content (AvgIpc) is 3.12. The van der Waals surface area contributed by atoms with Gasteiger partial charge in [-0.2, -0.15) is 0 Å². The van der Waals surface area contributed by atoms with Gasteiger partial charge in [0.2, 0.25) is 5.91 Å². The predicted octanol–water partition coefficient (Wildman–Crippen LogP) is 2.90. The van der Waals surface area contributed by atoms with Crippen molar-refractivity contribution < 1.29 is 4.79 Å². The second-order valence-corrected chi connectivity index (χ2v) is 7.61. The van der Waals surface area contributed by atoms with Crippen LogP contribution in [0, 0.1) is 5.92 Å². The highest BCUT2D eigenvalue weighted by Crippen LogP contribution is 2.34. The van der Waals surface area contributed by atoms with Gasteiger partial charge in [-0.05, 0) is 43.2 Å². The summed E-state index contributed by atoms with van der Waals surface area (Å²) in [7, 11) is 0. The Labute approximate surface area is 146 Å². The van der Waals surface area contributed by atoms with Gasteiger partial charge in [0.15, 0.2) is 0 Å². The topological polar surface area (TPSA) is 49.3 Å². The van der Waals surface area contributed by atoms with E-state index in [9.17, 15) is 4.79 Å². The fourth-order valence-corrected chi connectivity index (χ4v) is 4.85. The monoisotopic (exact) mass is 342 g/mol. The zero-order valence-electron chi connectivity index (χ0n) is 13.9. The highest BCUT2D eigenvalue weighted by molar-refractivity contribution is 7.10. The van der Waals surface area contributed by atoms with Crippen LogP contribution in [0.4, 0.5) is 5.82 Å². The van der Waals surface area contributed by atoms with Crippen molar-refractivity contribution in [2.45, 2.75) is 32.2 Å². The summed E-state index contributed by atoms with van der Waals surface area (Å²) in [4.78, 5) is 27.4. The van der Waals surface area contributed by atoms with Crippen LogP contribution >= 0.6 is 11.3 Å². The minimum Gasteiger partial charge on any atom is -0.355 e. The van der Waals surface area contributed by atoms with Crippen LogP contribution in [0.2, 0.25) is 0 Å². The number of fused-ring (bicyclic) bond motifs is 1. The van der Waals surface area contributed by atoms with E-state index in [1.807, 2.05) is 11.3 Å². The lowest BCUT2D eigenvalue weighted by molar-refractivity contribution is -0.138. The number of amides is 1. The molecule has 1 amide bonds. The molecule has 0 saturated carbocycles. The third-order valence-electron chi connectivity index (χ3n) is 5.20. The smallest absolute Gasteiger partial charge is 0.227 e. The van der Waals surface area contributed by atoms with E-state index in [1.165, 1.54) is 10.4 Å². The van der Waals surface area contributed by atoms with Gasteiger partial charge in [0.05, 0.1) is 18.2 Å². The second-order valence-electron chi connectivity index (χ2n) is 6.61. The first-order valence-corrected chi connectivity index (χ1v) is 9.49. The molecule has 2 atom stereocenters. The molecule has 5 nitrogen and oxygen atoms in total. The normalized spacial score (nSPS) is 23.9. The van der Waals surface area contributed by atoms with Gasteiger partial charge in [-0.3, -0.25) is 9.78 Å². The van der Waals surface area contributed by atoms with Crippen LogP contribution in [0.5, 0.6) is 0 Å². The van der Waals surface area contributed by atoms with E-state index in [0.717, 1.165) is 44.7 Å². The summed E-state index contributed by atoms with van der Waals surface area (Å²) in [6, 6.07) is 2.37.